The summed E-state index contributed by atoms with van der Waals surface area (Å²) in [5, 5.41) is 11.0. The predicted octanol–water partition coefficient (Wildman–Crippen LogP) is 4.00. The third kappa shape index (κ3) is 3.77. The van der Waals surface area contributed by atoms with Crippen molar-refractivity contribution < 1.29 is 26.7 Å². The Labute approximate surface area is 149 Å². The second-order valence-corrected chi connectivity index (χ2v) is 6.12. The zero-order valence-electron chi connectivity index (χ0n) is 13.4. The van der Waals surface area contributed by atoms with Crippen molar-refractivity contribution in [1.29, 1.82) is 5.26 Å². The molecule has 1 heterocycles. The fraction of sp³-hybridized carbons (Fsp3) is 0.188. The van der Waals surface area contributed by atoms with E-state index in [0.29, 0.717) is 11.3 Å². The molecule has 0 aliphatic carbocycles. The molecule has 0 radical (unpaired) electrons. The molecular weight excluding hydrogens is 377 g/mol. The molecule has 0 saturated heterocycles. The summed E-state index contributed by atoms with van der Waals surface area (Å²) in [6, 6.07) is 3.59. The number of carbonyl (C=O) groups is 1. The van der Waals surface area contributed by atoms with Crippen LogP contribution < -0.4 is 5.32 Å². The maximum atomic E-state index is 13.6. The molecule has 0 aliphatic heterocycles. The first-order valence-corrected chi connectivity index (χ1v) is 7.98. The highest BCUT2D eigenvalue weighted by Gasteiger charge is 2.26. The number of aromatic nitrogens is 1. The van der Waals surface area contributed by atoms with Gasteiger partial charge in [0.1, 0.15) is 16.8 Å². The summed E-state index contributed by atoms with van der Waals surface area (Å²) in [6.07, 6.45) is 0. The molecule has 0 saturated carbocycles. The average molecular weight is 387 g/mol. The van der Waals surface area contributed by atoms with Gasteiger partial charge in [0.25, 0.3) is 0 Å². The molecule has 4 nitrogen and oxygen atoms in total. The van der Waals surface area contributed by atoms with Crippen molar-refractivity contribution in [3.63, 3.8) is 0 Å². The van der Waals surface area contributed by atoms with Crippen LogP contribution in [0.5, 0.6) is 0 Å². The van der Waals surface area contributed by atoms with E-state index >= 15 is 0 Å². The second-order valence-electron chi connectivity index (χ2n) is 5.15. The van der Waals surface area contributed by atoms with Gasteiger partial charge in [0.05, 0.1) is 11.3 Å². The number of hydrogen-bond acceptors (Lipinski definition) is 4. The van der Waals surface area contributed by atoms with Gasteiger partial charge in [0.2, 0.25) is 11.7 Å². The number of thioether (sulfide) groups is 1. The van der Waals surface area contributed by atoms with Gasteiger partial charge in [0.15, 0.2) is 23.3 Å². The molecule has 10 heteroatoms. The maximum absolute atomic E-state index is 13.6. The lowest BCUT2D eigenvalue weighted by Gasteiger charge is -2.10. The van der Waals surface area contributed by atoms with E-state index in [4.69, 9.17) is 5.26 Å². The maximum Gasteiger partial charge on any atom is 0.234 e. The van der Waals surface area contributed by atoms with Gasteiger partial charge in [-0.3, -0.25) is 4.79 Å². The van der Waals surface area contributed by atoms with Gasteiger partial charge in [-0.2, -0.15) is 5.26 Å². The van der Waals surface area contributed by atoms with Crippen LogP contribution in [-0.2, 0) is 4.79 Å². The Hall–Kier alpha value is -2.67. The normalized spacial score (nSPS) is 10.5. The van der Waals surface area contributed by atoms with Gasteiger partial charge in [-0.25, -0.2) is 26.9 Å². The number of nitrogens with zero attached hydrogens (tertiary/aromatic N) is 2. The Morgan fingerprint density at radius 1 is 1.12 bits per heavy atom. The Bertz CT molecular complexity index is 914. The number of nitrogens with one attached hydrogen (secondary N) is 1. The van der Waals surface area contributed by atoms with E-state index < -0.39 is 46.4 Å². The molecule has 26 heavy (non-hydrogen) atoms. The van der Waals surface area contributed by atoms with E-state index in [-0.39, 0.29) is 10.6 Å². The second kappa shape index (κ2) is 7.70. The quantitative estimate of drug-likeness (QED) is 0.373. The van der Waals surface area contributed by atoms with Crippen LogP contribution in [0.1, 0.15) is 16.8 Å². The van der Waals surface area contributed by atoms with Crippen molar-refractivity contribution in [2.45, 2.75) is 18.9 Å². The van der Waals surface area contributed by atoms with E-state index in [2.05, 4.69) is 4.98 Å². The van der Waals surface area contributed by atoms with E-state index in [1.54, 1.807) is 25.2 Å². The van der Waals surface area contributed by atoms with Crippen LogP contribution in [0, 0.1) is 54.3 Å². The minimum atomic E-state index is -2.31. The number of amides is 1. The lowest BCUT2D eigenvalue weighted by molar-refractivity contribution is -0.113. The molecule has 136 valence electrons. The first-order valence-electron chi connectivity index (χ1n) is 6.99. The number of carbonyl (C=O) groups excluding carboxylic acids is 1. The average Bonchev–Trinajstić information content (AvgIpc) is 2.59. The zero-order chi connectivity index (χ0) is 19.6. The van der Waals surface area contributed by atoms with Gasteiger partial charge in [-0.05, 0) is 25.5 Å². The Morgan fingerprint density at radius 3 is 2.19 bits per heavy atom. The molecule has 2 aromatic rings. The highest BCUT2D eigenvalue weighted by Crippen LogP contribution is 2.28. The SMILES string of the molecule is Cc1cc(C)c(C#N)c(SCC(=O)Nc2c(F)c(F)c(F)c(F)c2F)n1. The van der Waals surface area contributed by atoms with E-state index in [1.807, 2.05) is 6.07 Å². The zero-order valence-corrected chi connectivity index (χ0v) is 14.2. The number of rotatable bonds is 4. The molecule has 1 amide bonds. The molecule has 0 atom stereocenters. The van der Waals surface area contributed by atoms with Crippen molar-refractivity contribution in [1.82, 2.24) is 4.98 Å². The number of anilines is 1. The Kier molecular flexibility index (Phi) is 5.82. The molecule has 0 spiro atoms. The van der Waals surface area contributed by atoms with Gasteiger partial charge in [-0.1, -0.05) is 11.8 Å². The van der Waals surface area contributed by atoms with Crippen LogP contribution >= 0.6 is 11.8 Å². The van der Waals surface area contributed by atoms with Crippen LogP contribution in [0.4, 0.5) is 27.6 Å². The number of halogens is 5. The number of hydrogen-bond donors (Lipinski definition) is 1. The summed E-state index contributed by atoms with van der Waals surface area (Å²) in [5.74, 6) is -12.4. The number of pyridine rings is 1. The largest absolute Gasteiger partial charge is 0.320 e. The molecular formula is C16H10F5N3OS. The summed E-state index contributed by atoms with van der Waals surface area (Å²) >= 11 is 0.798. The minimum absolute atomic E-state index is 0.220. The Balaban J connectivity index is 2.21. The summed E-state index contributed by atoms with van der Waals surface area (Å²) in [5.41, 5.74) is 0.0115. The van der Waals surface area contributed by atoms with Crippen LogP contribution in [0.3, 0.4) is 0 Å². The molecule has 0 fully saturated rings. The van der Waals surface area contributed by atoms with E-state index in [9.17, 15) is 26.7 Å². The van der Waals surface area contributed by atoms with Crippen LogP contribution in [-0.4, -0.2) is 16.6 Å². The smallest absolute Gasteiger partial charge is 0.234 e. The number of benzene rings is 1. The third-order valence-corrected chi connectivity index (χ3v) is 4.21. The fourth-order valence-electron chi connectivity index (χ4n) is 2.07. The van der Waals surface area contributed by atoms with Crippen molar-refractivity contribution in [2.75, 3.05) is 11.1 Å². The fourth-order valence-corrected chi connectivity index (χ4v) is 2.97. The minimum Gasteiger partial charge on any atom is -0.320 e. The highest BCUT2D eigenvalue weighted by molar-refractivity contribution is 8.00. The summed E-state index contributed by atoms with van der Waals surface area (Å²) in [6.45, 7) is 3.35. The van der Waals surface area contributed by atoms with Gasteiger partial charge >= 0.3 is 0 Å². The van der Waals surface area contributed by atoms with Crippen molar-refractivity contribution in [3.05, 3.63) is 52.0 Å². The summed E-state index contributed by atoms with van der Waals surface area (Å²) in [7, 11) is 0. The summed E-state index contributed by atoms with van der Waals surface area (Å²) < 4.78 is 66.3. The number of aryl methyl sites for hydroxylation is 2. The van der Waals surface area contributed by atoms with E-state index in [0.717, 1.165) is 11.8 Å². The first kappa shape index (κ1) is 19.7. The lowest BCUT2D eigenvalue weighted by Crippen LogP contribution is -2.18. The van der Waals surface area contributed by atoms with E-state index in [1.165, 1.54) is 0 Å². The van der Waals surface area contributed by atoms with Crippen LogP contribution in [0.25, 0.3) is 0 Å². The summed E-state index contributed by atoms with van der Waals surface area (Å²) in [4.78, 5) is 16.0. The van der Waals surface area contributed by atoms with Crippen molar-refractivity contribution in [2.24, 2.45) is 0 Å². The van der Waals surface area contributed by atoms with Gasteiger partial charge in [0, 0.05) is 5.69 Å². The predicted molar refractivity (Wildman–Crippen MR) is 84.0 cm³/mol. The topological polar surface area (TPSA) is 65.8 Å². The molecule has 2 rings (SSSR count). The molecule has 0 aliphatic rings. The first-order chi connectivity index (χ1) is 12.2. The van der Waals surface area contributed by atoms with Crippen molar-refractivity contribution >= 4 is 23.4 Å². The van der Waals surface area contributed by atoms with Crippen LogP contribution in [0.2, 0.25) is 0 Å². The molecule has 1 N–H and O–H groups in total. The van der Waals surface area contributed by atoms with Crippen LogP contribution in [0.15, 0.2) is 11.1 Å². The molecule has 0 unspecified atom stereocenters. The van der Waals surface area contributed by atoms with Crippen molar-refractivity contribution in [3.8, 4) is 6.07 Å². The lowest BCUT2D eigenvalue weighted by atomic mass is 10.1. The number of nitriles is 1. The third-order valence-electron chi connectivity index (χ3n) is 3.24. The monoisotopic (exact) mass is 387 g/mol. The molecule has 1 aromatic heterocycles. The Morgan fingerprint density at radius 2 is 1.65 bits per heavy atom. The van der Waals surface area contributed by atoms with Gasteiger partial charge < -0.3 is 5.32 Å². The molecule has 0 bridgehead atoms. The van der Waals surface area contributed by atoms with Gasteiger partial charge in [-0.15, -0.1) is 0 Å². The molecule has 1 aromatic carbocycles. The highest BCUT2D eigenvalue weighted by atomic mass is 32.2. The standard InChI is InChI=1S/C16H10F5N3OS/c1-6-3-7(2)23-16(8(6)4-22)26-5-9(25)24-15-13(20)11(18)10(17)12(19)14(15)21/h3H,5H2,1-2H3,(H,24,25).